The highest BCUT2D eigenvalue weighted by Gasteiger charge is 2.31. The summed E-state index contributed by atoms with van der Waals surface area (Å²) in [6.45, 7) is 11.2. The van der Waals surface area contributed by atoms with Crippen molar-refractivity contribution in [1.82, 2.24) is 9.88 Å². The van der Waals surface area contributed by atoms with Crippen molar-refractivity contribution in [3.05, 3.63) is 83.3 Å². The maximum Gasteiger partial charge on any atom is 0.342 e. The van der Waals surface area contributed by atoms with Gasteiger partial charge in [0, 0.05) is 31.9 Å². The van der Waals surface area contributed by atoms with Gasteiger partial charge in [0.05, 0.1) is 6.10 Å². The van der Waals surface area contributed by atoms with E-state index in [4.69, 9.17) is 4.74 Å². The van der Waals surface area contributed by atoms with Gasteiger partial charge in [0.15, 0.2) is 0 Å². The first-order valence-electron chi connectivity index (χ1n) is 12.4. The van der Waals surface area contributed by atoms with Crippen molar-refractivity contribution in [2.75, 3.05) is 24.5 Å². The molecule has 0 N–H and O–H groups in total. The molecule has 1 aliphatic rings. The second-order valence-electron chi connectivity index (χ2n) is 9.44. The van der Waals surface area contributed by atoms with Crippen LogP contribution in [-0.4, -0.2) is 47.6 Å². The first-order chi connectivity index (χ1) is 16.9. The molecule has 35 heavy (non-hydrogen) atoms. The molecule has 0 unspecified atom stereocenters. The number of pyridine rings is 1. The largest absolute Gasteiger partial charge is 0.459 e. The van der Waals surface area contributed by atoms with Crippen LogP contribution in [0.15, 0.2) is 60.8 Å². The zero-order valence-corrected chi connectivity index (χ0v) is 21.0. The number of hydrogen-bond acceptors (Lipinski definition) is 5. The highest BCUT2D eigenvalue weighted by atomic mass is 19.1. The zero-order valence-electron chi connectivity index (χ0n) is 21.0. The van der Waals surface area contributed by atoms with Crippen molar-refractivity contribution in [2.24, 2.45) is 0 Å². The van der Waals surface area contributed by atoms with E-state index in [9.17, 15) is 9.18 Å². The molecule has 1 atom stereocenters. The number of ether oxygens (including phenoxy) is 1. The Hall–Kier alpha value is -3.25. The van der Waals surface area contributed by atoms with Crippen LogP contribution in [0.1, 0.15) is 48.7 Å². The SMILES string of the molecule is CCN(Cc1cccc(-c2ccc(F)cc2)c1)[C@@H]1CCN(c2nccc(C)c2C(=O)OC(C)C)C1. The lowest BCUT2D eigenvalue weighted by molar-refractivity contribution is 0.0377. The number of anilines is 1. The molecule has 1 aromatic heterocycles. The molecule has 1 saturated heterocycles. The molecule has 5 nitrogen and oxygen atoms in total. The monoisotopic (exact) mass is 475 g/mol. The third-order valence-electron chi connectivity index (χ3n) is 6.56. The quantitative estimate of drug-likeness (QED) is 0.382. The van der Waals surface area contributed by atoms with Crippen molar-refractivity contribution < 1.29 is 13.9 Å². The molecule has 2 heterocycles. The molecular weight excluding hydrogens is 441 g/mol. The summed E-state index contributed by atoms with van der Waals surface area (Å²) in [7, 11) is 0. The molecule has 1 aliphatic heterocycles. The van der Waals surface area contributed by atoms with Gasteiger partial charge in [-0.15, -0.1) is 0 Å². The molecule has 1 fully saturated rings. The smallest absolute Gasteiger partial charge is 0.342 e. The minimum Gasteiger partial charge on any atom is -0.459 e. The first kappa shape index (κ1) is 24.9. The van der Waals surface area contributed by atoms with Crippen molar-refractivity contribution in [2.45, 2.75) is 52.8 Å². The van der Waals surface area contributed by atoms with Gasteiger partial charge in [-0.3, -0.25) is 4.90 Å². The topological polar surface area (TPSA) is 45.7 Å². The molecule has 0 bridgehead atoms. The van der Waals surface area contributed by atoms with Gasteiger partial charge in [-0.1, -0.05) is 37.3 Å². The van der Waals surface area contributed by atoms with Crippen LogP contribution in [0, 0.1) is 12.7 Å². The van der Waals surface area contributed by atoms with Gasteiger partial charge in [-0.2, -0.15) is 0 Å². The Bertz CT molecular complexity index is 1160. The van der Waals surface area contributed by atoms with Crippen molar-refractivity contribution in [3.8, 4) is 11.1 Å². The summed E-state index contributed by atoms with van der Waals surface area (Å²) in [6.07, 6.45) is 2.59. The molecule has 0 amide bonds. The molecule has 3 aromatic rings. The number of rotatable bonds is 8. The van der Waals surface area contributed by atoms with Crippen LogP contribution in [0.2, 0.25) is 0 Å². The highest BCUT2D eigenvalue weighted by molar-refractivity contribution is 5.96. The molecule has 0 saturated carbocycles. The van der Waals surface area contributed by atoms with E-state index in [1.165, 1.54) is 17.7 Å². The van der Waals surface area contributed by atoms with E-state index in [1.54, 1.807) is 6.20 Å². The third kappa shape index (κ3) is 5.88. The number of esters is 1. The molecule has 4 rings (SSSR count). The van der Waals surface area contributed by atoms with Crippen molar-refractivity contribution >= 4 is 11.8 Å². The maximum absolute atomic E-state index is 13.3. The van der Waals surface area contributed by atoms with Crippen LogP contribution < -0.4 is 4.90 Å². The Kier molecular flexibility index (Phi) is 7.81. The first-order valence-corrected chi connectivity index (χ1v) is 12.4. The van der Waals surface area contributed by atoms with Gasteiger partial charge in [-0.25, -0.2) is 14.2 Å². The van der Waals surface area contributed by atoms with Crippen molar-refractivity contribution in [1.29, 1.82) is 0 Å². The van der Waals surface area contributed by atoms with Crippen LogP contribution in [0.4, 0.5) is 10.2 Å². The number of hydrogen-bond donors (Lipinski definition) is 0. The molecule has 6 heteroatoms. The van der Waals surface area contributed by atoms with Gasteiger partial charge >= 0.3 is 5.97 Å². The second kappa shape index (κ2) is 11.0. The fourth-order valence-electron chi connectivity index (χ4n) is 4.77. The lowest BCUT2D eigenvalue weighted by Gasteiger charge is -2.28. The highest BCUT2D eigenvalue weighted by Crippen LogP contribution is 2.29. The van der Waals surface area contributed by atoms with Gasteiger partial charge in [0.2, 0.25) is 0 Å². The van der Waals surface area contributed by atoms with E-state index in [2.05, 4.69) is 46.0 Å². The molecule has 0 aliphatic carbocycles. The van der Waals surface area contributed by atoms with E-state index in [1.807, 2.05) is 39.0 Å². The fourth-order valence-corrected chi connectivity index (χ4v) is 4.77. The van der Waals surface area contributed by atoms with Crippen LogP contribution in [0.3, 0.4) is 0 Å². The summed E-state index contributed by atoms with van der Waals surface area (Å²) in [5.74, 6) is 0.179. The lowest BCUT2D eigenvalue weighted by Crippen LogP contribution is -2.37. The summed E-state index contributed by atoms with van der Waals surface area (Å²) in [6, 6.07) is 17.3. The number of carbonyl (C=O) groups is 1. The zero-order chi connectivity index (χ0) is 24.9. The van der Waals surface area contributed by atoms with Crippen LogP contribution >= 0.6 is 0 Å². The molecular formula is C29H34FN3O2. The van der Waals surface area contributed by atoms with Gasteiger partial charge in [-0.05, 0) is 80.3 Å². The maximum atomic E-state index is 13.3. The Labute approximate surface area is 207 Å². The summed E-state index contributed by atoms with van der Waals surface area (Å²) < 4.78 is 18.8. The average Bonchev–Trinajstić information content (AvgIpc) is 3.32. The summed E-state index contributed by atoms with van der Waals surface area (Å²) in [4.78, 5) is 22.1. The lowest BCUT2D eigenvalue weighted by atomic mass is 10.0. The molecule has 0 radical (unpaired) electrons. The summed E-state index contributed by atoms with van der Waals surface area (Å²) in [5.41, 5.74) is 4.77. The number of aromatic nitrogens is 1. The minimum atomic E-state index is -0.311. The Morgan fingerprint density at radius 2 is 1.94 bits per heavy atom. The molecule has 184 valence electrons. The number of carbonyl (C=O) groups excluding carboxylic acids is 1. The number of halogens is 1. The van der Waals surface area contributed by atoms with E-state index < -0.39 is 0 Å². The predicted molar refractivity (Wildman–Crippen MR) is 138 cm³/mol. The van der Waals surface area contributed by atoms with E-state index in [0.717, 1.165) is 49.3 Å². The van der Waals surface area contributed by atoms with Crippen LogP contribution in [0.25, 0.3) is 11.1 Å². The Morgan fingerprint density at radius 3 is 2.66 bits per heavy atom. The standard InChI is InChI=1S/C29H34FN3O2/c1-5-32(18-22-7-6-8-24(17-22)23-9-11-25(30)12-10-23)26-14-16-33(19-26)28-27(21(4)13-15-31-28)29(34)35-20(2)3/h6-13,15,17,20,26H,5,14,16,18-19H2,1-4H3/t26-/m1/s1. The van der Waals surface area contributed by atoms with Gasteiger partial charge in [0.1, 0.15) is 17.2 Å². The van der Waals surface area contributed by atoms with E-state index >= 15 is 0 Å². The van der Waals surface area contributed by atoms with Gasteiger partial charge < -0.3 is 9.64 Å². The minimum absolute atomic E-state index is 0.178. The number of likely N-dealkylation sites (N-methyl/N-ethyl adjacent to an activating group) is 1. The van der Waals surface area contributed by atoms with Crippen LogP contribution in [-0.2, 0) is 11.3 Å². The van der Waals surface area contributed by atoms with Crippen LogP contribution in [0.5, 0.6) is 0 Å². The fraction of sp³-hybridized carbons (Fsp3) is 0.379. The second-order valence-corrected chi connectivity index (χ2v) is 9.44. The Morgan fingerprint density at radius 1 is 1.17 bits per heavy atom. The van der Waals surface area contributed by atoms with Gasteiger partial charge in [0.25, 0.3) is 0 Å². The average molecular weight is 476 g/mol. The van der Waals surface area contributed by atoms with Crippen molar-refractivity contribution in [3.63, 3.8) is 0 Å². The normalized spacial score (nSPS) is 15.7. The van der Waals surface area contributed by atoms with E-state index in [0.29, 0.717) is 17.4 Å². The van der Waals surface area contributed by atoms with E-state index in [-0.39, 0.29) is 17.9 Å². The summed E-state index contributed by atoms with van der Waals surface area (Å²) in [5, 5.41) is 0. The number of aryl methyl sites for hydroxylation is 1. The third-order valence-corrected chi connectivity index (χ3v) is 6.56. The molecule has 2 aromatic carbocycles. The predicted octanol–water partition coefficient (Wildman–Crippen LogP) is 5.86. The summed E-state index contributed by atoms with van der Waals surface area (Å²) >= 11 is 0. The molecule has 0 spiro atoms. The number of nitrogens with zero attached hydrogens (tertiary/aromatic N) is 3. The Balaban J connectivity index is 1.49. The number of benzene rings is 2.